The van der Waals surface area contributed by atoms with Gasteiger partial charge in [0.1, 0.15) is 0 Å². The van der Waals surface area contributed by atoms with E-state index in [2.05, 4.69) is 106 Å². The third-order valence-corrected chi connectivity index (χ3v) is 7.96. The maximum Gasteiger partial charge on any atom is 0.0575 e. The van der Waals surface area contributed by atoms with Gasteiger partial charge in [0.15, 0.2) is 0 Å². The smallest absolute Gasteiger partial charge is 0.0575 e. The van der Waals surface area contributed by atoms with Crippen molar-refractivity contribution in [2.75, 3.05) is 27.2 Å². The molecular formula is C42H75NO. The maximum atomic E-state index is 6.38. The van der Waals surface area contributed by atoms with Crippen LogP contribution in [0.3, 0.4) is 0 Å². The summed E-state index contributed by atoms with van der Waals surface area (Å²) < 4.78 is 6.38. The zero-order valence-electron chi connectivity index (χ0n) is 30.0. The largest absolute Gasteiger partial charge is 0.378 e. The SMILES string of the molecule is CCC=CCC=CC/C=C\CCCCCCCCC(CCCCCCCC/C=C\C/C=C\C/C=C\CC)OCCCN(C)C. The number of hydrogen-bond donors (Lipinski definition) is 0. The molecule has 0 heterocycles. The van der Waals surface area contributed by atoms with Crippen molar-refractivity contribution in [3.8, 4) is 0 Å². The summed E-state index contributed by atoms with van der Waals surface area (Å²) in [5, 5.41) is 0. The first kappa shape index (κ1) is 42.4. The quantitative estimate of drug-likeness (QED) is 0.0542. The summed E-state index contributed by atoms with van der Waals surface area (Å²) in [6, 6.07) is 0. The van der Waals surface area contributed by atoms with Gasteiger partial charge in [-0.1, -0.05) is 151 Å². The highest BCUT2D eigenvalue weighted by Crippen LogP contribution is 2.17. The summed E-state index contributed by atoms with van der Waals surface area (Å²) in [5.41, 5.74) is 0. The van der Waals surface area contributed by atoms with E-state index in [0.29, 0.717) is 6.10 Å². The molecule has 1 unspecified atom stereocenters. The van der Waals surface area contributed by atoms with Gasteiger partial charge in [-0.2, -0.15) is 0 Å². The van der Waals surface area contributed by atoms with Crippen LogP contribution in [-0.2, 0) is 4.74 Å². The van der Waals surface area contributed by atoms with Crippen molar-refractivity contribution in [1.29, 1.82) is 0 Å². The summed E-state index contributed by atoms with van der Waals surface area (Å²) in [5.74, 6) is 0. The van der Waals surface area contributed by atoms with E-state index in [1.807, 2.05) is 0 Å². The molecule has 0 aromatic heterocycles. The number of ether oxygens (including phenoxy) is 1. The summed E-state index contributed by atoms with van der Waals surface area (Å²) in [7, 11) is 4.31. The van der Waals surface area contributed by atoms with Gasteiger partial charge in [0.25, 0.3) is 0 Å². The van der Waals surface area contributed by atoms with Crippen LogP contribution >= 0.6 is 0 Å². The Morgan fingerprint density at radius 1 is 0.432 bits per heavy atom. The topological polar surface area (TPSA) is 12.5 Å². The fourth-order valence-electron chi connectivity index (χ4n) is 5.28. The molecule has 0 N–H and O–H groups in total. The van der Waals surface area contributed by atoms with Crippen LogP contribution < -0.4 is 0 Å². The first-order chi connectivity index (χ1) is 21.7. The van der Waals surface area contributed by atoms with E-state index < -0.39 is 0 Å². The molecule has 2 nitrogen and oxygen atoms in total. The fraction of sp³-hybridized carbons (Fsp3) is 0.714. The van der Waals surface area contributed by atoms with Gasteiger partial charge < -0.3 is 9.64 Å². The Bertz CT molecular complexity index is 672. The van der Waals surface area contributed by atoms with Crippen LogP contribution in [-0.4, -0.2) is 38.3 Å². The Morgan fingerprint density at radius 3 is 1.20 bits per heavy atom. The second kappa shape index (κ2) is 37.5. The predicted molar refractivity (Wildman–Crippen MR) is 201 cm³/mol. The minimum absolute atomic E-state index is 0.473. The average Bonchev–Trinajstić information content (AvgIpc) is 3.02. The molecule has 0 aliphatic heterocycles. The summed E-state index contributed by atoms with van der Waals surface area (Å²) in [6.07, 6.45) is 57.0. The van der Waals surface area contributed by atoms with E-state index in [4.69, 9.17) is 4.74 Å². The van der Waals surface area contributed by atoms with Crippen LogP contribution in [0.5, 0.6) is 0 Å². The van der Waals surface area contributed by atoms with Crippen molar-refractivity contribution in [3.63, 3.8) is 0 Å². The van der Waals surface area contributed by atoms with Crippen LogP contribution in [0.25, 0.3) is 0 Å². The van der Waals surface area contributed by atoms with Crippen LogP contribution in [0, 0.1) is 0 Å². The highest BCUT2D eigenvalue weighted by atomic mass is 16.5. The molecular weight excluding hydrogens is 534 g/mol. The molecule has 44 heavy (non-hydrogen) atoms. The van der Waals surface area contributed by atoms with Crippen molar-refractivity contribution >= 4 is 0 Å². The number of rotatable bonds is 33. The van der Waals surface area contributed by atoms with Crippen molar-refractivity contribution in [3.05, 3.63) is 72.9 Å². The Labute approximate surface area is 276 Å². The lowest BCUT2D eigenvalue weighted by Crippen LogP contribution is -2.18. The number of hydrogen-bond acceptors (Lipinski definition) is 2. The number of unbranched alkanes of at least 4 members (excludes halogenated alkanes) is 12. The lowest BCUT2D eigenvalue weighted by molar-refractivity contribution is 0.0342. The zero-order valence-corrected chi connectivity index (χ0v) is 30.0. The Balaban J connectivity index is 3.87. The Hall–Kier alpha value is -1.64. The molecule has 0 aliphatic carbocycles. The van der Waals surface area contributed by atoms with E-state index >= 15 is 0 Å². The molecule has 0 bridgehead atoms. The summed E-state index contributed by atoms with van der Waals surface area (Å²) in [6.45, 7) is 6.41. The van der Waals surface area contributed by atoms with Crippen LogP contribution in [0.4, 0.5) is 0 Å². The van der Waals surface area contributed by atoms with Gasteiger partial charge in [0, 0.05) is 6.61 Å². The lowest BCUT2D eigenvalue weighted by atomic mass is 10.0. The minimum atomic E-state index is 0.473. The van der Waals surface area contributed by atoms with E-state index in [-0.39, 0.29) is 0 Å². The molecule has 0 aromatic rings. The molecule has 0 rings (SSSR count). The first-order valence-electron chi connectivity index (χ1n) is 18.9. The second-order valence-corrected chi connectivity index (χ2v) is 12.6. The van der Waals surface area contributed by atoms with E-state index in [9.17, 15) is 0 Å². The van der Waals surface area contributed by atoms with Gasteiger partial charge >= 0.3 is 0 Å². The first-order valence-corrected chi connectivity index (χ1v) is 18.9. The molecule has 254 valence electrons. The second-order valence-electron chi connectivity index (χ2n) is 12.6. The highest BCUT2D eigenvalue weighted by molar-refractivity contribution is 4.98. The highest BCUT2D eigenvalue weighted by Gasteiger charge is 2.09. The molecule has 2 heteroatoms. The van der Waals surface area contributed by atoms with Crippen molar-refractivity contribution in [2.45, 2.75) is 168 Å². The molecule has 0 saturated heterocycles. The van der Waals surface area contributed by atoms with Crippen molar-refractivity contribution in [1.82, 2.24) is 4.90 Å². The number of nitrogens with zero attached hydrogens (tertiary/aromatic N) is 1. The molecule has 0 saturated carbocycles. The maximum absolute atomic E-state index is 6.38. The third kappa shape index (κ3) is 36.6. The average molecular weight is 610 g/mol. The monoisotopic (exact) mass is 610 g/mol. The van der Waals surface area contributed by atoms with E-state index in [0.717, 1.165) is 58.1 Å². The summed E-state index contributed by atoms with van der Waals surface area (Å²) in [4.78, 5) is 2.26. The van der Waals surface area contributed by atoms with Crippen molar-refractivity contribution < 1.29 is 4.74 Å². The van der Waals surface area contributed by atoms with Gasteiger partial charge in [-0.25, -0.2) is 0 Å². The zero-order chi connectivity index (χ0) is 32.0. The molecule has 0 aromatic carbocycles. The predicted octanol–water partition coefficient (Wildman–Crippen LogP) is 13.3. The van der Waals surface area contributed by atoms with E-state index in [1.54, 1.807) is 0 Å². The van der Waals surface area contributed by atoms with Gasteiger partial charge in [-0.15, -0.1) is 0 Å². The Morgan fingerprint density at radius 2 is 0.795 bits per heavy atom. The third-order valence-electron chi connectivity index (χ3n) is 7.96. The Kier molecular flexibility index (Phi) is 36.1. The minimum Gasteiger partial charge on any atom is -0.378 e. The van der Waals surface area contributed by atoms with Gasteiger partial charge in [-0.05, 0) is 104 Å². The van der Waals surface area contributed by atoms with Crippen molar-refractivity contribution in [2.24, 2.45) is 0 Å². The number of allylic oxidation sites excluding steroid dienone is 12. The summed E-state index contributed by atoms with van der Waals surface area (Å²) >= 11 is 0. The van der Waals surface area contributed by atoms with Crippen LogP contribution in [0.15, 0.2) is 72.9 Å². The standard InChI is InChI=1S/C42H75NO/c1-5-7-9-11-13-15-17-19-21-23-25-27-29-31-33-35-38-42(44-41-37-40-43(3)4)39-36-34-32-30-28-26-24-22-20-18-16-14-12-10-8-6-2/h7-10,13-16,19-22,42H,5-6,11-12,17-18,23-41H2,1-4H3/b9-7-,10-8?,15-13-,16-14?,21-19-,22-20-. The fourth-order valence-corrected chi connectivity index (χ4v) is 5.28. The van der Waals surface area contributed by atoms with E-state index in [1.165, 1.54) is 103 Å². The molecule has 0 spiro atoms. The molecule has 0 amide bonds. The normalized spacial score (nSPS) is 13.6. The molecule has 0 radical (unpaired) electrons. The lowest BCUT2D eigenvalue weighted by Gasteiger charge is -2.19. The molecule has 0 fully saturated rings. The van der Waals surface area contributed by atoms with Gasteiger partial charge in [0.05, 0.1) is 6.10 Å². The van der Waals surface area contributed by atoms with Crippen LogP contribution in [0.1, 0.15) is 162 Å². The molecule has 1 atom stereocenters. The van der Waals surface area contributed by atoms with Gasteiger partial charge in [-0.3, -0.25) is 0 Å². The molecule has 0 aliphatic rings. The van der Waals surface area contributed by atoms with Crippen LogP contribution in [0.2, 0.25) is 0 Å². The van der Waals surface area contributed by atoms with Gasteiger partial charge in [0.2, 0.25) is 0 Å².